The van der Waals surface area contributed by atoms with E-state index >= 15 is 0 Å². The summed E-state index contributed by atoms with van der Waals surface area (Å²) in [7, 11) is -7.32. The van der Waals surface area contributed by atoms with E-state index in [2.05, 4.69) is 21.5 Å². The lowest BCUT2D eigenvalue weighted by Crippen LogP contribution is -2.22. The number of hydrogen-bond donors (Lipinski definition) is 0. The average molecular weight is 409 g/mol. The zero-order valence-corrected chi connectivity index (χ0v) is 16.0. The topological polar surface area (TPSA) is 134 Å². The van der Waals surface area contributed by atoms with Gasteiger partial charge in [-0.1, -0.05) is 12.1 Å². The molecule has 0 fully saturated rings. The largest absolute Gasteiger partial charge is 0.278 e. The number of pyridine rings is 1. The highest BCUT2D eigenvalue weighted by molar-refractivity contribution is 7.90. The van der Waals surface area contributed by atoms with Crippen molar-refractivity contribution in [2.75, 3.05) is 12.5 Å². The van der Waals surface area contributed by atoms with Gasteiger partial charge >= 0.3 is 0 Å². The molecule has 0 aromatic carbocycles. The summed E-state index contributed by atoms with van der Waals surface area (Å²) in [6.45, 7) is 3.66. The van der Waals surface area contributed by atoms with Gasteiger partial charge in [0, 0.05) is 18.7 Å². The summed E-state index contributed by atoms with van der Waals surface area (Å²) in [5.41, 5.74) is -0.494. The van der Waals surface area contributed by atoms with Crippen molar-refractivity contribution in [1.29, 1.82) is 0 Å². The molecule has 3 heterocycles. The Bertz CT molecular complexity index is 1340. The summed E-state index contributed by atoms with van der Waals surface area (Å²) in [5.74, 6) is 0.0880. The highest BCUT2D eigenvalue weighted by Gasteiger charge is 2.21. The summed E-state index contributed by atoms with van der Waals surface area (Å²) >= 11 is 0. The molecule has 0 spiro atoms. The van der Waals surface area contributed by atoms with Gasteiger partial charge in [-0.15, -0.1) is 6.58 Å². The average Bonchev–Trinajstić information content (AvgIpc) is 2.86. The molecule has 0 unspecified atom stereocenters. The van der Waals surface area contributed by atoms with Gasteiger partial charge in [0.05, 0.1) is 6.54 Å². The Balaban J connectivity index is 2.45. The van der Waals surface area contributed by atoms with E-state index in [4.69, 9.17) is 0 Å². The SMILES string of the molecule is C=CCn1c(=O)c2cnc(S(C)(=O)=O)nc2n1-c1cccc(S(C)(=O)=O)n1. The molecule has 0 bridgehead atoms. The van der Waals surface area contributed by atoms with Gasteiger partial charge in [0.25, 0.3) is 5.56 Å². The molecular weight excluding hydrogens is 394 g/mol. The van der Waals surface area contributed by atoms with Gasteiger partial charge in [-0.05, 0) is 12.1 Å². The Kier molecular flexibility index (Phi) is 4.48. The Morgan fingerprint density at radius 3 is 2.41 bits per heavy atom. The van der Waals surface area contributed by atoms with Crippen molar-refractivity contribution in [3.05, 3.63) is 47.4 Å². The molecular formula is C15H15N5O5S2. The number of rotatable bonds is 5. The maximum Gasteiger partial charge on any atom is 0.278 e. The predicted molar refractivity (Wildman–Crippen MR) is 97.3 cm³/mol. The van der Waals surface area contributed by atoms with E-state index in [1.165, 1.54) is 33.6 Å². The maximum absolute atomic E-state index is 12.7. The molecule has 0 aliphatic heterocycles. The van der Waals surface area contributed by atoms with Crippen LogP contribution >= 0.6 is 0 Å². The van der Waals surface area contributed by atoms with Crippen LogP contribution in [0.1, 0.15) is 0 Å². The van der Waals surface area contributed by atoms with Crippen LogP contribution in [-0.2, 0) is 26.2 Å². The first-order valence-corrected chi connectivity index (χ1v) is 11.3. The van der Waals surface area contributed by atoms with E-state index in [1.54, 1.807) is 0 Å². The van der Waals surface area contributed by atoms with Crippen LogP contribution in [0.4, 0.5) is 0 Å². The molecule has 3 aromatic rings. The lowest BCUT2D eigenvalue weighted by atomic mass is 10.4. The zero-order valence-electron chi connectivity index (χ0n) is 14.4. The van der Waals surface area contributed by atoms with Crippen LogP contribution in [0.25, 0.3) is 16.9 Å². The van der Waals surface area contributed by atoms with Gasteiger partial charge < -0.3 is 0 Å². The van der Waals surface area contributed by atoms with Gasteiger partial charge in [-0.25, -0.2) is 36.2 Å². The van der Waals surface area contributed by atoms with Crippen LogP contribution in [0.3, 0.4) is 0 Å². The third kappa shape index (κ3) is 3.40. The van der Waals surface area contributed by atoms with Crippen molar-refractivity contribution in [3.8, 4) is 5.82 Å². The van der Waals surface area contributed by atoms with Crippen LogP contribution in [0.15, 0.2) is 52.0 Å². The van der Waals surface area contributed by atoms with Gasteiger partial charge in [-0.3, -0.25) is 4.79 Å². The molecule has 0 atom stereocenters. The van der Waals surface area contributed by atoms with E-state index < -0.39 is 30.4 Å². The second kappa shape index (κ2) is 6.39. The Morgan fingerprint density at radius 1 is 1.11 bits per heavy atom. The van der Waals surface area contributed by atoms with E-state index in [1.807, 2.05) is 0 Å². The van der Waals surface area contributed by atoms with E-state index in [0.29, 0.717) is 0 Å². The molecule has 0 aliphatic carbocycles. The van der Waals surface area contributed by atoms with Gasteiger partial charge in [-0.2, -0.15) is 4.98 Å². The van der Waals surface area contributed by atoms with Crippen LogP contribution in [0.2, 0.25) is 0 Å². The number of hydrogen-bond acceptors (Lipinski definition) is 8. The number of nitrogens with zero attached hydrogens (tertiary/aromatic N) is 5. The summed E-state index contributed by atoms with van der Waals surface area (Å²) < 4.78 is 49.7. The summed E-state index contributed by atoms with van der Waals surface area (Å²) in [6, 6.07) is 4.26. The highest BCUT2D eigenvalue weighted by atomic mass is 32.2. The lowest BCUT2D eigenvalue weighted by Gasteiger charge is -2.10. The van der Waals surface area contributed by atoms with Crippen LogP contribution in [0, 0.1) is 0 Å². The minimum atomic E-state index is -3.72. The highest BCUT2D eigenvalue weighted by Crippen LogP contribution is 2.17. The number of allylic oxidation sites excluding steroid dienone is 1. The third-order valence-electron chi connectivity index (χ3n) is 3.59. The molecule has 10 nitrogen and oxygen atoms in total. The van der Waals surface area contributed by atoms with Crippen molar-refractivity contribution in [2.45, 2.75) is 16.7 Å². The smallest absolute Gasteiger partial charge is 0.267 e. The first-order valence-electron chi connectivity index (χ1n) is 7.51. The zero-order chi connectivity index (χ0) is 20.0. The normalized spacial score (nSPS) is 12.4. The molecule has 0 aliphatic rings. The molecule has 0 radical (unpaired) electrons. The monoisotopic (exact) mass is 409 g/mol. The molecule has 142 valence electrons. The Morgan fingerprint density at radius 2 is 1.81 bits per heavy atom. The van der Waals surface area contributed by atoms with Crippen LogP contribution < -0.4 is 5.56 Å². The predicted octanol–water partition coefficient (Wildman–Crippen LogP) is -0.0298. The number of fused-ring (bicyclic) bond motifs is 1. The van der Waals surface area contributed by atoms with E-state index in [-0.39, 0.29) is 28.4 Å². The number of aromatic nitrogens is 5. The van der Waals surface area contributed by atoms with Crippen molar-refractivity contribution in [3.63, 3.8) is 0 Å². The van der Waals surface area contributed by atoms with Gasteiger partial charge in [0.2, 0.25) is 15.0 Å². The van der Waals surface area contributed by atoms with Gasteiger partial charge in [0.15, 0.2) is 26.3 Å². The molecule has 27 heavy (non-hydrogen) atoms. The summed E-state index contributed by atoms with van der Waals surface area (Å²) in [6.07, 6.45) is 4.53. The first-order chi connectivity index (χ1) is 12.5. The molecule has 12 heteroatoms. The van der Waals surface area contributed by atoms with Gasteiger partial charge in [0.1, 0.15) is 5.39 Å². The molecule has 0 saturated carbocycles. The fourth-order valence-corrected chi connectivity index (χ4v) is 3.52. The minimum Gasteiger partial charge on any atom is -0.267 e. The van der Waals surface area contributed by atoms with Crippen molar-refractivity contribution in [1.82, 2.24) is 24.3 Å². The van der Waals surface area contributed by atoms with E-state index in [0.717, 1.165) is 18.7 Å². The number of sulfone groups is 2. The summed E-state index contributed by atoms with van der Waals surface area (Å²) in [5, 5.41) is -0.591. The van der Waals surface area contributed by atoms with E-state index in [9.17, 15) is 21.6 Å². The second-order valence-electron chi connectivity index (χ2n) is 5.76. The second-order valence-corrected chi connectivity index (χ2v) is 9.63. The van der Waals surface area contributed by atoms with Crippen molar-refractivity contribution < 1.29 is 16.8 Å². The van der Waals surface area contributed by atoms with Crippen molar-refractivity contribution >= 4 is 30.7 Å². The molecule has 0 amide bonds. The Labute approximate surface area is 154 Å². The minimum absolute atomic E-state index is 0.00424. The molecule has 3 rings (SSSR count). The fourth-order valence-electron chi connectivity index (χ4n) is 2.44. The maximum atomic E-state index is 12.7. The standard InChI is InChI=1S/C15H15N5O5S2/c1-4-8-19-14(21)10-9-16-15(27(3,24)25)18-13(10)20(19)11-6-5-7-12(17-11)26(2,22)23/h4-7,9H,1,8H2,2-3H3. The first kappa shape index (κ1) is 18.9. The quantitative estimate of drug-likeness (QED) is 0.424. The lowest BCUT2D eigenvalue weighted by molar-refractivity contribution is 0.582. The fraction of sp³-hybridized carbons (Fsp3) is 0.200. The van der Waals surface area contributed by atoms with Crippen LogP contribution in [-0.4, -0.2) is 53.7 Å². The third-order valence-corrected chi connectivity index (χ3v) is 5.44. The molecule has 0 saturated heterocycles. The molecule has 3 aromatic heterocycles. The Hall–Kier alpha value is -2.86. The molecule has 0 N–H and O–H groups in total. The summed E-state index contributed by atoms with van der Waals surface area (Å²) in [4.78, 5) is 24.5. The van der Waals surface area contributed by atoms with Crippen LogP contribution in [0.5, 0.6) is 0 Å². The van der Waals surface area contributed by atoms with Crippen molar-refractivity contribution in [2.24, 2.45) is 0 Å².